The largest absolute Gasteiger partial charge is 0.507 e. The SMILES string of the molecule is CC(=O)C12Cc3c(O)c4c(c(O)c3CC1O2)C(=O)c1ccccc1C4=O. The Morgan fingerprint density at radius 1 is 1.04 bits per heavy atom. The standard InChI is InChI=1S/C20H14O6/c1-8(21)20-7-12-11(6-13(20)26-20)18(24)14-15(19(12)25)17(23)10-5-3-2-4-9(10)16(14)22/h2-5,13,24-25H,6-7H2,1H3. The monoisotopic (exact) mass is 350 g/mol. The maximum atomic E-state index is 12.9. The van der Waals surface area contributed by atoms with Gasteiger partial charge in [0.1, 0.15) is 11.5 Å². The summed E-state index contributed by atoms with van der Waals surface area (Å²) in [5.74, 6) is -1.80. The van der Waals surface area contributed by atoms with Gasteiger partial charge in [0.05, 0.1) is 17.2 Å². The van der Waals surface area contributed by atoms with Crippen molar-refractivity contribution >= 4 is 17.3 Å². The first-order chi connectivity index (χ1) is 12.4. The normalized spacial score (nSPS) is 25.0. The van der Waals surface area contributed by atoms with Crippen molar-refractivity contribution in [3.63, 3.8) is 0 Å². The van der Waals surface area contributed by atoms with Crippen LogP contribution < -0.4 is 0 Å². The van der Waals surface area contributed by atoms with E-state index in [-0.39, 0.29) is 58.5 Å². The molecule has 0 radical (unpaired) electrons. The molecule has 6 nitrogen and oxygen atoms in total. The first-order valence-corrected chi connectivity index (χ1v) is 8.33. The molecule has 6 heteroatoms. The number of epoxide rings is 1. The predicted molar refractivity (Wildman–Crippen MR) is 88.8 cm³/mol. The van der Waals surface area contributed by atoms with Crippen LogP contribution >= 0.6 is 0 Å². The molecule has 3 aliphatic rings. The lowest BCUT2D eigenvalue weighted by molar-refractivity contribution is -0.122. The highest BCUT2D eigenvalue weighted by atomic mass is 16.6. The van der Waals surface area contributed by atoms with Gasteiger partial charge in [0.25, 0.3) is 0 Å². The summed E-state index contributed by atoms with van der Waals surface area (Å²) in [7, 11) is 0. The van der Waals surface area contributed by atoms with Crippen LogP contribution in [0.15, 0.2) is 24.3 Å². The van der Waals surface area contributed by atoms with Gasteiger partial charge in [-0.25, -0.2) is 0 Å². The fourth-order valence-electron chi connectivity index (χ4n) is 4.29. The Kier molecular flexibility index (Phi) is 2.70. The van der Waals surface area contributed by atoms with Gasteiger partial charge in [0, 0.05) is 35.1 Å². The summed E-state index contributed by atoms with van der Waals surface area (Å²) in [5, 5.41) is 21.6. The zero-order valence-corrected chi connectivity index (χ0v) is 13.8. The van der Waals surface area contributed by atoms with Crippen molar-refractivity contribution in [1.82, 2.24) is 0 Å². The van der Waals surface area contributed by atoms with Crippen LogP contribution in [-0.4, -0.2) is 39.3 Å². The molecule has 1 heterocycles. The second kappa shape index (κ2) is 4.59. The van der Waals surface area contributed by atoms with Crippen LogP contribution in [0.2, 0.25) is 0 Å². The number of fused-ring (bicyclic) bond motifs is 4. The lowest BCUT2D eigenvalue weighted by atomic mass is 9.75. The molecule has 2 aromatic carbocycles. The third-order valence-corrected chi connectivity index (χ3v) is 5.77. The first-order valence-electron chi connectivity index (χ1n) is 8.33. The highest BCUT2D eigenvalue weighted by Crippen LogP contribution is 2.53. The average Bonchev–Trinajstić information content (AvgIpc) is 3.36. The number of phenolic OH excluding ortho intramolecular Hbond substituents is 2. The highest BCUT2D eigenvalue weighted by Gasteiger charge is 2.63. The van der Waals surface area contributed by atoms with Gasteiger partial charge in [-0.1, -0.05) is 24.3 Å². The molecule has 5 rings (SSSR count). The van der Waals surface area contributed by atoms with Crippen molar-refractivity contribution in [3.8, 4) is 11.5 Å². The van der Waals surface area contributed by atoms with E-state index in [0.29, 0.717) is 11.1 Å². The molecule has 1 saturated heterocycles. The molecule has 26 heavy (non-hydrogen) atoms. The van der Waals surface area contributed by atoms with Gasteiger partial charge in [-0.05, 0) is 6.92 Å². The molecule has 2 aliphatic carbocycles. The maximum absolute atomic E-state index is 12.9. The number of Topliss-reactive ketones (excluding diaryl/α,β-unsaturated/α-hetero) is 1. The van der Waals surface area contributed by atoms with E-state index in [1.807, 2.05) is 0 Å². The Morgan fingerprint density at radius 2 is 1.58 bits per heavy atom. The number of rotatable bonds is 1. The summed E-state index contributed by atoms with van der Waals surface area (Å²) in [4.78, 5) is 37.7. The first kappa shape index (κ1) is 15.3. The molecular weight excluding hydrogens is 336 g/mol. The molecular formula is C20H14O6. The van der Waals surface area contributed by atoms with Crippen molar-refractivity contribution in [3.05, 3.63) is 57.6 Å². The van der Waals surface area contributed by atoms with Crippen molar-refractivity contribution < 1.29 is 29.3 Å². The second-order valence-electron chi connectivity index (χ2n) is 7.04. The molecule has 0 spiro atoms. The van der Waals surface area contributed by atoms with E-state index in [2.05, 4.69) is 0 Å². The minimum atomic E-state index is -0.995. The maximum Gasteiger partial charge on any atom is 0.198 e. The van der Waals surface area contributed by atoms with Crippen LogP contribution in [0.1, 0.15) is 49.9 Å². The molecule has 2 N–H and O–H groups in total. The number of carbonyl (C=O) groups is 3. The smallest absolute Gasteiger partial charge is 0.198 e. The fourth-order valence-corrected chi connectivity index (χ4v) is 4.29. The second-order valence-corrected chi connectivity index (χ2v) is 7.04. The Labute approximate surface area is 148 Å². The quantitative estimate of drug-likeness (QED) is 0.511. The van der Waals surface area contributed by atoms with Crippen LogP contribution in [0.3, 0.4) is 0 Å². The minimum absolute atomic E-state index is 0.0815. The zero-order valence-electron chi connectivity index (χ0n) is 13.8. The van der Waals surface area contributed by atoms with Gasteiger partial charge in [0.2, 0.25) is 0 Å². The van der Waals surface area contributed by atoms with E-state index in [4.69, 9.17) is 4.74 Å². The molecule has 2 aromatic rings. The van der Waals surface area contributed by atoms with E-state index >= 15 is 0 Å². The minimum Gasteiger partial charge on any atom is -0.507 e. The molecule has 0 amide bonds. The van der Waals surface area contributed by atoms with Crippen LogP contribution in [-0.2, 0) is 22.4 Å². The molecule has 2 unspecified atom stereocenters. The molecule has 0 bridgehead atoms. The number of hydrogen-bond donors (Lipinski definition) is 2. The third-order valence-electron chi connectivity index (χ3n) is 5.77. The number of ketones is 3. The van der Waals surface area contributed by atoms with E-state index in [1.54, 1.807) is 12.1 Å². The predicted octanol–water partition coefficient (Wildman–Crippen LogP) is 1.70. The van der Waals surface area contributed by atoms with Gasteiger partial charge >= 0.3 is 0 Å². The molecule has 2 atom stereocenters. The fraction of sp³-hybridized carbons (Fsp3) is 0.250. The Morgan fingerprint density at radius 3 is 2.12 bits per heavy atom. The summed E-state index contributed by atoms with van der Waals surface area (Å²) >= 11 is 0. The van der Waals surface area contributed by atoms with Crippen LogP contribution in [0.25, 0.3) is 0 Å². The van der Waals surface area contributed by atoms with Crippen LogP contribution in [0.5, 0.6) is 11.5 Å². The summed E-state index contributed by atoms with van der Waals surface area (Å²) < 4.78 is 5.56. The van der Waals surface area contributed by atoms with E-state index < -0.39 is 17.2 Å². The van der Waals surface area contributed by atoms with Crippen molar-refractivity contribution in [2.75, 3.05) is 0 Å². The van der Waals surface area contributed by atoms with Crippen molar-refractivity contribution in [2.45, 2.75) is 31.5 Å². The molecule has 1 fully saturated rings. The highest BCUT2D eigenvalue weighted by molar-refractivity contribution is 6.30. The van der Waals surface area contributed by atoms with Gasteiger partial charge in [-0.2, -0.15) is 0 Å². The third kappa shape index (κ3) is 1.62. The Bertz CT molecular complexity index is 1070. The summed E-state index contributed by atoms with van der Waals surface area (Å²) in [6, 6.07) is 6.33. The van der Waals surface area contributed by atoms with E-state index in [0.717, 1.165) is 0 Å². The topological polar surface area (TPSA) is 104 Å². The van der Waals surface area contributed by atoms with Crippen LogP contribution in [0.4, 0.5) is 0 Å². The summed E-state index contributed by atoms with van der Waals surface area (Å²) in [6.07, 6.45) is -0.0828. The number of phenols is 2. The number of aromatic hydroxyl groups is 2. The van der Waals surface area contributed by atoms with Gasteiger partial charge in [0.15, 0.2) is 23.0 Å². The average molecular weight is 350 g/mol. The van der Waals surface area contributed by atoms with Crippen molar-refractivity contribution in [1.29, 1.82) is 0 Å². The number of ether oxygens (including phenoxy) is 1. The molecule has 0 aromatic heterocycles. The Hall–Kier alpha value is -2.99. The van der Waals surface area contributed by atoms with Gasteiger partial charge in [-0.3, -0.25) is 14.4 Å². The Balaban J connectivity index is 1.78. The van der Waals surface area contributed by atoms with E-state index in [9.17, 15) is 24.6 Å². The van der Waals surface area contributed by atoms with Gasteiger partial charge < -0.3 is 14.9 Å². The van der Waals surface area contributed by atoms with E-state index in [1.165, 1.54) is 19.1 Å². The van der Waals surface area contributed by atoms with Gasteiger partial charge in [-0.15, -0.1) is 0 Å². The van der Waals surface area contributed by atoms with Crippen LogP contribution in [0, 0.1) is 0 Å². The number of benzene rings is 2. The molecule has 130 valence electrons. The number of carbonyl (C=O) groups excluding carboxylic acids is 3. The molecule has 0 saturated carbocycles. The number of hydrogen-bond acceptors (Lipinski definition) is 6. The lowest BCUT2D eigenvalue weighted by Crippen LogP contribution is -2.33. The summed E-state index contributed by atoms with van der Waals surface area (Å²) in [6.45, 7) is 1.42. The lowest BCUT2D eigenvalue weighted by Gasteiger charge is -2.26. The molecule has 1 aliphatic heterocycles. The van der Waals surface area contributed by atoms with Crippen molar-refractivity contribution in [2.24, 2.45) is 0 Å². The zero-order chi connectivity index (χ0) is 18.4. The summed E-state index contributed by atoms with van der Waals surface area (Å²) in [5.41, 5.74) is -0.269.